The molecule has 0 fully saturated rings. The van der Waals surface area contributed by atoms with Gasteiger partial charge in [-0.1, -0.05) is 11.6 Å². The van der Waals surface area contributed by atoms with E-state index in [4.69, 9.17) is 16.0 Å². The number of aromatic nitrogens is 3. The monoisotopic (exact) mass is 282 g/mol. The maximum Gasteiger partial charge on any atom is 0.300 e. The van der Waals surface area contributed by atoms with Crippen LogP contribution in [0.1, 0.15) is 0 Å². The summed E-state index contributed by atoms with van der Waals surface area (Å²) in [5, 5.41) is 8.90. The van der Waals surface area contributed by atoms with Crippen molar-refractivity contribution in [2.45, 2.75) is 0 Å². The zero-order valence-corrected chi connectivity index (χ0v) is 9.95. The van der Waals surface area contributed by atoms with Gasteiger partial charge in [0.1, 0.15) is 11.2 Å². The number of halogens is 3. The third-order valence-electron chi connectivity index (χ3n) is 2.31. The first-order valence-electron chi connectivity index (χ1n) is 5.14. The summed E-state index contributed by atoms with van der Waals surface area (Å²) in [6, 6.07) is 5.71. The first-order chi connectivity index (χ1) is 9.11. The minimum atomic E-state index is -0.957. The van der Waals surface area contributed by atoms with Crippen LogP contribution in [0, 0.1) is 11.9 Å². The van der Waals surface area contributed by atoms with Crippen LogP contribution >= 0.6 is 11.6 Å². The molecule has 96 valence electrons. The van der Waals surface area contributed by atoms with Crippen LogP contribution in [0.15, 0.2) is 28.7 Å². The summed E-state index contributed by atoms with van der Waals surface area (Å²) >= 11 is 5.80. The van der Waals surface area contributed by atoms with Crippen LogP contribution < -0.4 is 5.32 Å². The van der Waals surface area contributed by atoms with Gasteiger partial charge in [0.05, 0.1) is 0 Å². The fraction of sp³-hybridized carbons (Fsp3) is 0. The highest BCUT2D eigenvalue weighted by Crippen LogP contribution is 2.25. The van der Waals surface area contributed by atoms with Gasteiger partial charge < -0.3 is 9.73 Å². The summed E-state index contributed by atoms with van der Waals surface area (Å²) in [6.07, 6.45) is 0. The average Bonchev–Trinajstić information content (AvgIpc) is 2.75. The van der Waals surface area contributed by atoms with Crippen molar-refractivity contribution in [3.63, 3.8) is 0 Å². The molecule has 0 spiro atoms. The Bertz CT molecular complexity index is 762. The lowest BCUT2D eigenvalue weighted by Gasteiger charge is -2.00. The highest BCUT2D eigenvalue weighted by Gasteiger charge is 2.11. The van der Waals surface area contributed by atoms with E-state index in [0.29, 0.717) is 16.1 Å². The van der Waals surface area contributed by atoms with Gasteiger partial charge in [0, 0.05) is 17.2 Å². The number of nitrogens with one attached hydrogen (secondary N) is 1. The molecule has 3 rings (SSSR count). The highest BCUT2D eigenvalue weighted by molar-refractivity contribution is 6.31. The number of hydrogen-bond acceptors (Lipinski definition) is 5. The third-order valence-corrected chi connectivity index (χ3v) is 2.55. The van der Waals surface area contributed by atoms with Crippen LogP contribution in [-0.2, 0) is 0 Å². The van der Waals surface area contributed by atoms with Gasteiger partial charge in [-0.2, -0.15) is 13.8 Å². The van der Waals surface area contributed by atoms with E-state index < -0.39 is 11.9 Å². The van der Waals surface area contributed by atoms with E-state index in [1.807, 2.05) is 0 Å². The lowest BCUT2D eigenvalue weighted by molar-refractivity contribution is 0.510. The Morgan fingerprint density at radius 2 is 2.00 bits per heavy atom. The van der Waals surface area contributed by atoms with E-state index in [1.165, 1.54) is 0 Å². The molecule has 0 saturated carbocycles. The molecule has 2 aromatic heterocycles. The highest BCUT2D eigenvalue weighted by atomic mass is 35.5. The van der Waals surface area contributed by atoms with Crippen LogP contribution in [0.2, 0.25) is 5.02 Å². The minimum Gasteiger partial charge on any atom is -0.423 e. The molecule has 0 bridgehead atoms. The second-order valence-electron chi connectivity index (χ2n) is 3.63. The number of benzene rings is 1. The standard InChI is InChI=1S/C11H5ClF2N4O/c12-5-1-2-6-8(3-5)19-11(15-6)16-7-4-9(13)17-18-10(7)14/h1-4H,(H,15,16,17). The van der Waals surface area contributed by atoms with Gasteiger partial charge in [0.2, 0.25) is 5.95 Å². The molecule has 8 heteroatoms. The molecule has 0 amide bonds. The van der Waals surface area contributed by atoms with Gasteiger partial charge in [-0.25, -0.2) is 0 Å². The van der Waals surface area contributed by atoms with E-state index >= 15 is 0 Å². The first-order valence-corrected chi connectivity index (χ1v) is 5.51. The Labute approximate surface area is 110 Å². The molecule has 0 aliphatic heterocycles. The maximum atomic E-state index is 13.3. The molecule has 0 aliphatic carbocycles. The summed E-state index contributed by atoms with van der Waals surface area (Å²) < 4.78 is 31.4. The van der Waals surface area contributed by atoms with E-state index in [9.17, 15) is 8.78 Å². The molecule has 1 aromatic carbocycles. The van der Waals surface area contributed by atoms with Gasteiger partial charge in [-0.15, -0.1) is 10.2 Å². The van der Waals surface area contributed by atoms with Crippen molar-refractivity contribution in [3.05, 3.63) is 41.2 Å². The van der Waals surface area contributed by atoms with Gasteiger partial charge in [-0.05, 0) is 12.1 Å². The van der Waals surface area contributed by atoms with Gasteiger partial charge in [0.15, 0.2) is 5.58 Å². The van der Waals surface area contributed by atoms with Crippen LogP contribution in [0.25, 0.3) is 11.1 Å². The molecule has 0 saturated heterocycles. The SMILES string of the molecule is Fc1cc(Nc2nc3ccc(Cl)cc3o2)c(F)nn1. The summed E-state index contributed by atoms with van der Waals surface area (Å²) in [5.41, 5.74) is 0.748. The van der Waals surface area contributed by atoms with E-state index in [1.54, 1.807) is 18.2 Å². The molecule has 1 N–H and O–H groups in total. The molecular formula is C11H5ClF2N4O. The van der Waals surface area contributed by atoms with Gasteiger partial charge in [-0.3, -0.25) is 0 Å². The van der Waals surface area contributed by atoms with Crippen molar-refractivity contribution in [1.29, 1.82) is 0 Å². The van der Waals surface area contributed by atoms with Crippen LogP contribution in [0.5, 0.6) is 0 Å². The fourth-order valence-electron chi connectivity index (χ4n) is 1.51. The summed E-state index contributed by atoms with van der Waals surface area (Å²) in [6.45, 7) is 0. The first kappa shape index (κ1) is 11.8. The second-order valence-corrected chi connectivity index (χ2v) is 4.06. The van der Waals surface area contributed by atoms with Crippen molar-refractivity contribution >= 4 is 34.4 Å². The lowest BCUT2D eigenvalue weighted by atomic mass is 10.3. The Morgan fingerprint density at radius 3 is 2.84 bits per heavy atom. The predicted octanol–water partition coefficient (Wildman–Crippen LogP) is 3.29. The van der Waals surface area contributed by atoms with Crippen LogP contribution in [0.4, 0.5) is 20.5 Å². The Balaban J connectivity index is 1.98. The number of oxazole rings is 1. The van der Waals surface area contributed by atoms with Gasteiger partial charge >= 0.3 is 0 Å². The zero-order chi connectivity index (χ0) is 13.4. The molecule has 3 aromatic rings. The molecule has 19 heavy (non-hydrogen) atoms. The van der Waals surface area contributed by atoms with Crippen LogP contribution in [-0.4, -0.2) is 15.2 Å². The number of fused-ring (bicyclic) bond motifs is 1. The maximum absolute atomic E-state index is 13.3. The van der Waals surface area contributed by atoms with Crippen molar-refractivity contribution in [1.82, 2.24) is 15.2 Å². The van der Waals surface area contributed by atoms with E-state index in [2.05, 4.69) is 20.5 Å². The number of rotatable bonds is 2. The van der Waals surface area contributed by atoms with Crippen molar-refractivity contribution in [3.8, 4) is 0 Å². The Morgan fingerprint density at radius 1 is 1.16 bits per heavy atom. The largest absolute Gasteiger partial charge is 0.423 e. The van der Waals surface area contributed by atoms with Gasteiger partial charge in [0.25, 0.3) is 12.0 Å². The number of nitrogens with zero attached hydrogens (tertiary/aromatic N) is 3. The van der Waals surface area contributed by atoms with Crippen LogP contribution in [0.3, 0.4) is 0 Å². The topological polar surface area (TPSA) is 63.8 Å². The smallest absolute Gasteiger partial charge is 0.300 e. The average molecular weight is 283 g/mol. The zero-order valence-electron chi connectivity index (χ0n) is 9.19. The normalized spacial score (nSPS) is 10.9. The van der Waals surface area contributed by atoms with E-state index in [-0.39, 0.29) is 11.7 Å². The number of anilines is 2. The molecular weight excluding hydrogens is 278 g/mol. The van der Waals surface area contributed by atoms with E-state index in [0.717, 1.165) is 6.07 Å². The molecule has 0 radical (unpaired) electrons. The van der Waals surface area contributed by atoms with Crippen molar-refractivity contribution < 1.29 is 13.2 Å². The molecule has 0 aliphatic rings. The third kappa shape index (κ3) is 2.32. The Kier molecular flexibility index (Phi) is 2.75. The summed E-state index contributed by atoms with van der Waals surface area (Å²) in [5.74, 6) is -1.87. The molecule has 0 atom stereocenters. The molecule has 5 nitrogen and oxygen atoms in total. The number of hydrogen-bond donors (Lipinski definition) is 1. The lowest BCUT2D eigenvalue weighted by Crippen LogP contribution is -2.00. The molecule has 0 unspecified atom stereocenters. The quantitative estimate of drug-likeness (QED) is 0.781. The second kappa shape index (κ2) is 4.43. The minimum absolute atomic E-state index is 0.00330. The fourth-order valence-corrected chi connectivity index (χ4v) is 1.67. The summed E-state index contributed by atoms with van der Waals surface area (Å²) in [4.78, 5) is 4.05. The van der Waals surface area contributed by atoms with Crippen molar-refractivity contribution in [2.24, 2.45) is 0 Å². The predicted molar refractivity (Wildman–Crippen MR) is 64.2 cm³/mol. The molecule has 2 heterocycles. The Hall–Kier alpha value is -2.28. The van der Waals surface area contributed by atoms with Crippen molar-refractivity contribution in [2.75, 3.05) is 5.32 Å². The summed E-state index contributed by atoms with van der Waals surface area (Å²) in [7, 11) is 0.